The van der Waals surface area contributed by atoms with Crippen molar-refractivity contribution in [1.82, 2.24) is 10.2 Å². The monoisotopic (exact) mass is 371 g/mol. The molecule has 0 unspecified atom stereocenters. The summed E-state index contributed by atoms with van der Waals surface area (Å²) in [5.74, 6) is -5.16. The fourth-order valence-corrected chi connectivity index (χ4v) is 2.86. The van der Waals surface area contributed by atoms with Gasteiger partial charge in [0.15, 0.2) is 0 Å². The number of nitrogens with one attached hydrogen (secondary N) is 1. The summed E-state index contributed by atoms with van der Waals surface area (Å²) in [5, 5.41) is 21.5. The molecule has 0 spiro atoms. The van der Waals surface area contributed by atoms with Crippen LogP contribution < -0.4 is 11.1 Å². The molecule has 1 aliphatic rings. The number of hydrogen-bond acceptors (Lipinski definition) is 5. The number of rotatable bonds is 8. The van der Waals surface area contributed by atoms with Gasteiger partial charge >= 0.3 is 5.97 Å². The first-order valence-corrected chi connectivity index (χ1v) is 8.29. The van der Waals surface area contributed by atoms with Crippen molar-refractivity contribution in [2.75, 3.05) is 19.6 Å². The van der Waals surface area contributed by atoms with Crippen LogP contribution in [0.5, 0.6) is 0 Å². The topological polar surface area (TPSA) is 116 Å². The smallest absolute Gasteiger partial charge is 0.327 e. The fraction of sp³-hybridized carbons (Fsp3) is 0.529. The minimum atomic E-state index is -2.86. The number of nitrogens with zero attached hydrogens (tertiary/aromatic N) is 1. The first-order valence-electron chi connectivity index (χ1n) is 8.29. The molecule has 0 bridgehead atoms. The fourth-order valence-electron chi connectivity index (χ4n) is 2.86. The van der Waals surface area contributed by atoms with E-state index in [1.165, 1.54) is 4.90 Å². The minimum Gasteiger partial charge on any atom is -0.480 e. The van der Waals surface area contributed by atoms with Gasteiger partial charge in [-0.15, -0.1) is 0 Å². The molecule has 1 saturated heterocycles. The van der Waals surface area contributed by atoms with Crippen LogP contribution in [0.15, 0.2) is 30.3 Å². The largest absolute Gasteiger partial charge is 0.480 e. The maximum atomic E-state index is 13.2. The standard InChI is InChI=1S/C17H23F2N3O4/c18-17(19)6-7-22(10-17)9-13(16(25)26)21-15(24)14(23)12(20)8-11-4-2-1-3-5-11/h1-5,12-14,23H,6-10,20H2,(H,21,24)(H,25,26)/t12-,13+,14+/m1/s1. The molecule has 5 N–H and O–H groups in total. The lowest BCUT2D eigenvalue weighted by atomic mass is 10.0. The van der Waals surface area contributed by atoms with Crippen molar-refractivity contribution in [2.45, 2.75) is 37.0 Å². The Morgan fingerprint density at radius 1 is 1.31 bits per heavy atom. The number of aliphatic hydroxyl groups excluding tert-OH is 1. The number of likely N-dealkylation sites (tertiary alicyclic amines) is 1. The molecule has 1 aromatic rings. The highest BCUT2D eigenvalue weighted by Gasteiger charge is 2.40. The Bertz CT molecular complexity index is 630. The van der Waals surface area contributed by atoms with E-state index < -0.39 is 42.5 Å². The second kappa shape index (κ2) is 8.52. The molecule has 26 heavy (non-hydrogen) atoms. The summed E-state index contributed by atoms with van der Waals surface area (Å²) >= 11 is 0. The number of halogens is 2. The van der Waals surface area contributed by atoms with Gasteiger partial charge in [0, 0.05) is 25.6 Å². The van der Waals surface area contributed by atoms with Crippen molar-refractivity contribution in [1.29, 1.82) is 0 Å². The third kappa shape index (κ3) is 5.72. The Morgan fingerprint density at radius 2 is 1.96 bits per heavy atom. The molecular weight excluding hydrogens is 348 g/mol. The van der Waals surface area contributed by atoms with Gasteiger partial charge in [0.25, 0.3) is 11.8 Å². The van der Waals surface area contributed by atoms with Crippen molar-refractivity contribution in [3.8, 4) is 0 Å². The van der Waals surface area contributed by atoms with Crippen LogP contribution >= 0.6 is 0 Å². The highest BCUT2D eigenvalue weighted by atomic mass is 19.3. The van der Waals surface area contributed by atoms with E-state index in [9.17, 15) is 28.6 Å². The summed E-state index contributed by atoms with van der Waals surface area (Å²) < 4.78 is 26.4. The van der Waals surface area contributed by atoms with E-state index in [4.69, 9.17) is 5.73 Å². The molecule has 1 fully saturated rings. The van der Waals surface area contributed by atoms with Gasteiger partial charge in [-0.1, -0.05) is 30.3 Å². The summed E-state index contributed by atoms with van der Waals surface area (Å²) in [6, 6.07) is 6.65. The molecule has 1 aromatic carbocycles. The van der Waals surface area contributed by atoms with E-state index in [2.05, 4.69) is 5.32 Å². The van der Waals surface area contributed by atoms with E-state index in [1.807, 2.05) is 6.07 Å². The molecule has 0 aliphatic carbocycles. The van der Waals surface area contributed by atoms with Gasteiger partial charge in [-0.3, -0.25) is 9.69 Å². The van der Waals surface area contributed by atoms with Crippen LogP contribution in [0.1, 0.15) is 12.0 Å². The molecule has 1 amide bonds. The summed E-state index contributed by atoms with van der Waals surface area (Å²) in [4.78, 5) is 24.7. The van der Waals surface area contributed by atoms with Gasteiger partial charge in [0.2, 0.25) is 0 Å². The predicted molar refractivity (Wildman–Crippen MR) is 89.7 cm³/mol. The molecule has 0 radical (unpaired) electrons. The Morgan fingerprint density at radius 3 is 2.50 bits per heavy atom. The SMILES string of the molecule is N[C@H](Cc1ccccc1)[C@H](O)C(=O)N[C@@H](CN1CCC(F)(F)C1)C(=O)O. The summed E-state index contributed by atoms with van der Waals surface area (Å²) in [5.41, 5.74) is 6.65. The highest BCUT2D eigenvalue weighted by molar-refractivity contribution is 5.86. The number of carboxylic acids is 1. The zero-order valence-electron chi connectivity index (χ0n) is 14.1. The molecule has 0 saturated carbocycles. The molecule has 144 valence electrons. The Labute approximate surface area is 149 Å². The number of hydrogen-bond donors (Lipinski definition) is 4. The third-order valence-corrected chi connectivity index (χ3v) is 4.29. The van der Waals surface area contributed by atoms with Gasteiger partial charge in [0.05, 0.1) is 6.54 Å². The number of aliphatic carboxylic acids is 1. The van der Waals surface area contributed by atoms with E-state index in [1.54, 1.807) is 24.3 Å². The molecule has 0 aromatic heterocycles. The Hall–Kier alpha value is -2.10. The number of carbonyl (C=O) groups excluding carboxylic acids is 1. The Balaban J connectivity index is 1.90. The first-order chi connectivity index (χ1) is 12.2. The van der Waals surface area contributed by atoms with Crippen LogP contribution in [0.4, 0.5) is 8.78 Å². The lowest BCUT2D eigenvalue weighted by Crippen LogP contribution is -2.54. The lowest BCUT2D eigenvalue weighted by molar-refractivity contribution is -0.144. The van der Waals surface area contributed by atoms with Crippen LogP contribution in [0, 0.1) is 0 Å². The van der Waals surface area contributed by atoms with Crippen LogP contribution in [0.25, 0.3) is 0 Å². The first kappa shape index (κ1) is 20.2. The number of alkyl halides is 2. The summed E-state index contributed by atoms with van der Waals surface area (Å²) in [6.45, 7) is -0.775. The number of aliphatic hydroxyl groups is 1. The predicted octanol–water partition coefficient (Wildman–Crippen LogP) is -0.172. The molecule has 3 atom stereocenters. The zero-order valence-corrected chi connectivity index (χ0v) is 14.1. The molecule has 1 aliphatic heterocycles. The summed E-state index contributed by atoms with van der Waals surface area (Å²) in [7, 11) is 0. The quantitative estimate of drug-likeness (QED) is 0.504. The van der Waals surface area contributed by atoms with Crippen molar-refractivity contribution in [2.24, 2.45) is 5.73 Å². The van der Waals surface area contributed by atoms with Crippen molar-refractivity contribution in [3.05, 3.63) is 35.9 Å². The maximum absolute atomic E-state index is 13.2. The van der Waals surface area contributed by atoms with E-state index in [-0.39, 0.29) is 25.9 Å². The lowest BCUT2D eigenvalue weighted by Gasteiger charge is -2.24. The molecule has 1 heterocycles. The molecule has 9 heteroatoms. The normalized spacial score (nSPS) is 20.3. The number of nitrogens with two attached hydrogens (primary N) is 1. The number of amides is 1. The zero-order chi connectivity index (χ0) is 19.3. The third-order valence-electron chi connectivity index (χ3n) is 4.29. The minimum absolute atomic E-state index is 0.0444. The van der Waals surface area contributed by atoms with Gasteiger partial charge in [-0.2, -0.15) is 0 Å². The van der Waals surface area contributed by atoms with E-state index >= 15 is 0 Å². The van der Waals surface area contributed by atoms with Gasteiger partial charge in [-0.25, -0.2) is 13.6 Å². The van der Waals surface area contributed by atoms with Gasteiger partial charge in [0.1, 0.15) is 12.1 Å². The van der Waals surface area contributed by atoms with E-state index in [0.717, 1.165) is 5.56 Å². The summed E-state index contributed by atoms with van der Waals surface area (Å²) in [6.07, 6.45) is -1.74. The highest BCUT2D eigenvalue weighted by Crippen LogP contribution is 2.26. The number of carbonyl (C=O) groups is 2. The van der Waals surface area contributed by atoms with Crippen molar-refractivity contribution >= 4 is 11.9 Å². The molecular formula is C17H23F2N3O4. The molecule has 2 rings (SSSR count). The van der Waals surface area contributed by atoms with Gasteiger partial charge < -0.3 is 21.3 Å². The molecule has 7 nitrogen and oxygen atoms in total. The van der Waals surface area contributed by atoms with Crippen molar-refractivity contribution in [3.63, 3.8) is 0 Å². The number of carboxylic acid groups (broad SMARTS) is 1. The average molecular weight is 371 g/mol. The Kier molecular flexibility index (Phi) is 6.63. The second-order valence-electron chi connectivity index (χ2n) is 6.54. The average Bonchev–Trinajstić information content (AvgIpc) is 2.92. The van der Waals surface area contributed by atoms with Crippen LogP contribution in [-0.4, -0.2) is 70.7 Å². The van der Waals surface area contributed by atoms with Crippen LogP contribution in [-0.2, 0) is 16.0 Å². The second-order valence-corrected chi connectivity index (χ2v) is 6.54. The van der Waals surface area contributed by atoms with Crippen LogP contribution in [0.3, 0.4) is 0 Å². The van der Waals surface area contributed by atoms with E-state index in [0.29, 0.717) is 0 Å². The van der Waals surface area contributed by atoms with Crippen LogP contribution in [0.2, 0.25) is 0 Å². The van der Waals surface area contributed by atoms with Crippen molar-refractivity contribution < 1.29 is 28.6 Å². The van der Waals surface area contributed by atoms with Gasteiger partial charge in [-0.05, 0) is 12.0 Å². The number of benzene rings is 1. The maximum Gasteiger partial charge on any atom is 0.327 e.